The lowest BCUT2D eigenvalue weighted by atomic mass is 9.71. The molecule has 1 aromatic carbocycles. The highest BCUT2D eigenvalue weighted by atomic mass is 16.6. The first kappa shape index (κ1) is 20.6. The zero-order valence-corrected chi connectivity index (χ0v) is 16.4. The van der Waals surface area contributed by atoms with Gasteiger partial charge in [0.15, 0.2) is 0 Å². The predicted molar refractivity (Wildman–Crippen MR) is 106 cm³/mol. The van der Waals surface area contributed by atoms with Crippen molar-refractivity contribution in [1.29, 1.82) is 0 Å². The van der Waals surface area contributed by atoms with Crippen LogP contribution in [-0.4, -0.2) is 39.7 Å². The average Bonchev–Trinajstić information content (AvgIpc) is 2.86. The van der Waals surface area contributed by atoms with Crippen LogP contribution in [0.25, 0.3) is 0 Å². The number of aliphatic hydroxyl groups is 2. The van der Waals surface area contributed by atoms with E-state index in [1.807, 2.05) is 32.1 Å². The molecule has 6 nitrogen and oxygen atoms in total. The second-order valence-corrected chi connectivity index (χ2v) is 7.96. The molecule has 0 heterocycles. The van der Waals surface area contributed by atoms with Crippen molar-refractivity contribution in [2.24, 2.45) is 22.9 Å². The molecular weight excluding hydrogens is 358 g/mol. The Balaban J connectivity index is 1.54. The van der Waals surface area contributed by atoms with Crippen molar-refractivity contribution in [1.82, 2.24) is 0 Å². The monoisotopic (exact) mass is 387 g/mol. The number of carboxylic acid groups (broad SMARTS) is 1. The minimum Gasteiger partial charge on any atom is -0.481 e. The summed E-state index contributed by atoms with van der Waals surface area (Å²) in [7, 11) is 0. The molecule has 2 aliphatic carbocycles. The molecule has 1 aromatic rings. The molecule has 0 saturated heterocycles. The summed E-state index contributed by atoms with van der Waals surface area (Å²) in [4.78, 5) is 15.7. The summed E-state index contributed by atoms with van der Waals surface area (Å²) in [5.41, 5.74) is 4.06. The van der Waals surface area contributed by atoms with Crippen molar-refractivity contribution in [2.75, 3.05) is 6.61 Å². The molecule has 0 radical (unpaired) electrons. The van der Waals surface area contributed by atoms with E-state index in [1.165, 1.54) is 0 Å². The van der Waals surface area contributed by atoms with Crippen molar-refractivity contribution in [3.05, 3.63) is 47.0 Å². The van der Waals surface area contributed by atoms with Crippen LogP contribution in [0.5, 0.6) is 0 Å². The number of fused-ring (bicyclic) bond motifs is 1. The number of aliphatic carboxylic acids is 1. The molecule has 0 amide bonds. The Labute approximate surface area is 165 Å². The number of hydrogen-bond donors (Lipinski definition) is 3. The lowest BCUT2D eigenvalue weighted by Crippen LogP contribution is -2.36. The first-order chi connectivity index (χ1) is 13.4. The van der Waals surface area contributed by atoms with Crippen LogP contribution in [0.1, 0.15) is 48.5 Å². The third-order valence-electron chi connectivity index (χ3n) is 5.89. The van der Waals surface area contributed by atoms with Gasteiger partial charge in [0, 0.05) is 18.3 Å². The zero-order valence-electron chi connectivity index (χ0n) is 16.4. The number of rotatable bonds is 8. The van der Waals surface area contributed by atoms with Gasteiger partial charge in [-0.3, -0.25) is 4.79 Å². The molecule has 2 fully saturated rings. The van der Waals surface area contributed by atoms with Gasteiger partial charge in [0.1, 0.15) is 6.61 Å². The Bertz CT molecular complexity index is 772. The van der Waals surface area contributed by atoms with Gasteiger partial charge in [-0.2, -0.15) is 0 Å². The van der Waals surface area contributed by atoms with Gasteiger partial charge in [0.2, 0.25) is 0 Å². The summed E-state index contributed by atoms with van der Waals surface area (Å²) in [6.45, 7) is 4.31. The van der Waals surface area contributed by atoms with Crippen molar-refractivity contribution in [3.63, 3.8) is 0 Å². The summed E-state index contributed by atoms with van der Waals surface area (Å²) in [6, 6.07) is 5.99. The predicted octanol–water partition coefficient (Wildman–Crippen LogP) is 3.15. The fourth-order valence-electron chi connectivity index (χ4n) is 4.33. The van der Waals surface area contributed by atoms with Crippen LogP contribution < -0.4 is 0 Å². The van der Waals surface area contributed by atoms with Crippen molar-refractivity contribution in [3.8, 4) is 0 Å². The van der Waals surface area contributed by atoms with Gasteiger partial charge in [-0.1, -0.05) is 41.1 Å². The van der Waals surface area contributed by atoms with E-state index in [9.17, 15) is 15.0 Å². The number of hydrogen-bond acceptors (Lipinski definition) is 5. The van der Waals surface area contributed by atoms with E-state index in [0.717, 1.165) is 28.8 Å². The Morgan fingerprint density at radius 1 is 1.39 bits per heavy atom. The van der Waals surface area contributed by atoms with Crippen LogP contribution in [0.3, 0.4) is 0 Å². The Morgan fingerprint density at radius 2 is 2.18 bits per heavy atom. The molecule has 5 atom stereocenters. The zero-order chi connectivity index (χ0) is 20.3. The van der Waals surface area contributed by atoms with E-state index >= 15 is 0 Å². The van der Waals surface area contributed by atoms with Gasteiger partial charge in [0.25, 0.3) is 0 Å². The summed E-state index contributed by atoms with van der Waals surface area (Å²) in [6.07, 6.45) is 4.53. The number of oxime groups is 1. The van der Waals surface area contributed by atoms with Crippen LogP contribution >= 0.6 is 0 Å². The van der Waals surface area contributed by atoms with E-state index < -0.39 is 18.2 Å². The molecule has 3 unspecified atom stereocenters. The third-order valence-corrected chi connectivity index (χ3v) is 5.89. The van der Waals surface area contributed by atoms with Crippen LogP contribution in [0, 0.1) is 31.6 Å². The van der Waals surface area contributed by atoms with Crippen LogP contribution in [-0.2, 0) is 9.63 Å². The standard InChI is InChI=1S/C22H29NO5/c1-13-5-6-15(14(2)10-13)20(24)8-7-16-17-11-19(18(17)12-21(16)25)23-28-9-3-4-22(26)27/h5-8,10,16-18,20-21,24-25H,3-4,9,11-12H2,1-2H3,(H,26,27)/t16?,17-,18-,20?,21?/m0/s1. The average molecular weight is 387 g/mol. The quantitative estimate of drug-likeness (QED) is 0.361. The maximum atomic E-state index is 10.5. The molecular formula is C22H29NO5. The fraction of sp³-hybridized carbons (Fsp3) is 0.545. The van der Waals surface area contributed by atoms with Gasteiger partial charge in [-0.05, 0) is 50.2 Å². The summed E-state index contributed by atoms with van der Waals surface area (Å²) >= 11 is 0. The summed E-state index contributed by atoms with van der Waals surface area (Å²) in [5, 5.41) is 33.7. The van der Waals surface area contributed by atoms with E-state index in [-0.39, 0.29) is 18.3 Å². The number of aliphatic hydroxyl groups excluding tert-OH is 2. The molecule has 6 heteroatoms. The highest BCUT2D eigenvalue weighted by Crippen LogP contribution is 2.49. The maximum Gasteiger partial charge on any atom is 0.303 e. The second kappa shape index (κ2) is 8.88. The highest BCUT2D eigenvalue weighted by molar-refractivity contribution is 5.93. The van der Waals surface area contributed by atoms with Crippen molar-refractivity contribution < 1.29 is 25.0 Å². The first-order valence-corrected chi connectivity index (χ1v) is 9.89. The largest absolute Gasteiger partial charge is 0.481 e. The van der Waals surface area contributed by atoms with Crippen LogP contribution in [0.15, 0.2) is 35.5 Å². The highest BCUT2D eigenvalue weighted by Gasteiger charge is 2.51. The van der Waals surface area contributed by atoms with Gasteiger partial charge >= 0.3 is 5.97 Å². The van der Waals surface area contributed by atoms with E-state index in [0.29, 0.717) is 25.4 Å². The lowest BCUT2D eigenvalue weighted by Gasteiger charge is -2.34. The summed E-state index contributed by atoms with van der Waals surface area (Å²) < 4.78 is 0. The number of benzene rings is 1. The number of nitrogens with zero attached hydrogens (tertiary/aromatic N) is 1. The van der Waals surface area contributed by atoms with Crippen LogP contribution in [0.2, 0.25) is 0 Å². The second-order valence-electron chi connectivity index (χ2n) is 7.96. The van der Waals surface area contributed by atoms with Gasteiger partial charge in [-0.25, -0.2) is 0 Å². The molecule has 0 bridgehead atoms. The summed E-state index contributed by atoms with van der Waals surface area (Å²) in [5.74, 6) is -0.297. The SMILES string of the molecule is Cc1ccc(C(O)C=CC2C(O)C[C@@H]3C(=NOCCCC(=O)O)C[C@@H]23)c(C)c1. The fourth-order valence-corrected chi connectivity index (χ4v) is 4.33. The minimum atomic E-state index is -0.837. The molecule has 0 aromatic heterocycles. The Morgan fingerprint density at radius 3 is 2.89 bits per heavy atom. The Hall–Kier alpha value is -2.18. The molecule has 152 valence electrons. The number of aryl methyl sites for hydroxylation is 2. The van der Waals surface area contributed by atoms with E-state index in [4.69, 9.17) is 9.94 Å². The van der Waals surface area contributed by atoms with Crippen molar-refractivity contribution in [2.45, 2.75) is 51.7 Å². The molecule has 2 saturated carbocycles. The smallest absolute Gasteiger partial charge is 0.303 e. The molecule has 0 spiro atoms. The number of carboxylic acids is 1. The third kappa shape index (κ3) is 4.62. The molecule has 3 rings (SSSR count). The minimum absolute atomic E-state index is 0.0105. The first-order valence-electron chi connectivity index (χ1n) is 9.89. The topological polar surface area (TPSA) is 99.4 Å². The van der Waals surface area contributed by atoms with E-state index in [2.05, 4.69) is 11.2 Å². The van der Waals surface area contributed by atoms with E-state index in [1.54, 1.807) is 6.08 Å². The van der Waals surface area contributed by atoms with Gasteiger partial charge in [-0.15, -0.1) is 0 Å². The maximum absolute atomic E-state index is 10.5. The Kier molecular flexibility index (Phi) is 6.52. The molecule has 0 aliphatic heterocycles. The van der Waals surface area contributed by atoms with Gasteiger partial charge in [0.05, 0.1) is 17.9 Å². The lowest BCUT2D eigenvalue weighted by molar-refractivity contribution is -0.137. The van der Waals surface area contributed by atoms with Crippen molar-refractivity contribution >= 4 is 11.7 Å². The van der Waals surface area contributed by atoms with Crippen LogP contribution in [0.4, 0.5) is 0 Å². The molecule has 28 heavy (non-hydrogen) atoms. The molecule has 2 aliphatic rings. The normalized spacial score (nSPS) is 28.9. The van der Waals surface area contributed by atoms with Gasteiger partial charge < -0.3 is 20.2 Å². The number of carbonyl (C=O) groups is 1. The molecule has 3 N–H and O–H groups in total.